The van der Waals surface area contributed by atoms with E-state index in [-0.39, 0.29) is 41.2 Å². The van der Waals surface area contributed by atoms with Crippen molar-refractivity contribution in [3.63, 3.8) is 0 Å². The van der Waals surface area contributed by atoms with Crippen LogP contribution >= 0.6 is 0 Å². The van der Waals surface area contributed by atoms with Gasteiger partial charge in [-0.15, -0.1) is 0 Å². The molecular formula is C12H11NO5. The number of aromatic nitrogens is 1. The van der Waals surface area contributed by atoms with Gasteiger partial charge in [-0.1, -0.05) is 0 Å². The van der Waals surface area contributed by atoms with E-state index in [9.17, 15) is 19.5 Å². The van der Waals surface area contributed by atoms with Gasteiger partial charge in [0, 0.05) is 18.5 Å². The molecule has 6 nitrogen and oxygen atoms in total. The van der Waals surface area contributed by atoms with E-state index >= 15 is 0 Å². The first-order valence-electron chi connectivity index (χ1n) is 5.63. The lowest BCUT2D eigenvalue weighted by molar-refractivity contribution is -0.169. The number of aliphatic hydroxyl groups is 1. The van der Waals surface area contributed by atoms with E-state index in [2.05, 4.69) is 0 Å². The zero-order chi connectivity index (χ0) is 13.1. The van der Waals surface area contributed by atoms with Gasteiger partial charge in [0.25, 0.3) is 5.56 Å². The molecule has 0 unspecified atom stereocenters. The first kappa shape index (κ1) is 11.2. The number of rotatable bonds is 0. The van der Waals surface area contributed by atoms with Crippen molar-refractivity contribution >= 4 is 11.8 Å². The van der Waals surface area contributed by atoms with Gasteiger partial charge in [0.15, 0.2) is 11.4 Å². The minimum Gasteiger partial charge on any atom is -0.458 e. The molecule has 6 heteroatoms. The first-order valence-corrected chi connectivity index (χ1v) is 5.63. The number of pyridine rings is 1. The number of carbonyl (C=O) groups is 2. The Hall–Kier alpha value is -1.95. The Balaban J connectivity index is 2.35. The van der Waals surface area contributed by atoms with Crippen LogP contribution in [0, 0.1) is 0 Å². The van der Waals surface area contributed by atoms with Crippen LogP contribution in [0.2, 0.25) is 0 Å². The van der Waals surface area contributed by atoms with E-state index in [1.807, 2.05) is 0 Å². The third-order valence-electron chi connectivity index (χ3n) is 3.52. The van der Waals surface area contributed by atoms with E-state index in [0.717, 1.165) is 0 Å². The summed E-state index contributed by atoms with van der Waals surface area (Å²) in [4.78, 5) is 35.3. The van der Waals surface area contributed by atoms with Crippen LogP contribution in [0.3, 0.4) is 0 Å². The van der Waals surface area contributed by atoms with Crippen molar-refractivity contribution in [2.45, 2.75) is 32.1 Å². The molecule has 0 aliphatic carbocycles. The molecule has 18 heavy (non-hydrogen) atoms. The second-order valence-corrected chi connectivity index (χ2v) is 4.70. The largest absolute Gasteiger partial charge is 0.458 e. The molecule has 0 amide bonds. The SMILES string of the molecule is C[C@@]1(O)C(=O)OCc2c1cc1n(c2=O)CCC1=O. The number of ketones is 1. The van der Waals surface area contributed by atoms with Gasteiger partial charge in [0.1, 0.15) is 6.61 Å². The van der Waals surface area contributed by atoms with Crippen molar-refractivity contribution in [1.29, 1.82) is 0 Å². The molecule has 1 atom stereocenters. The average Bonchev–Trinajstić information content (AvgIpc) is 2.68. The number of hydrogen-bond donors (Lipinski definition) is 1. The predicted molar refractivity (Wildman–Crippen MR) is 59.0 cm³/mol. The summed E-state index contributed by atoms with van der Waals surface area (Å²) in [6.45, 7) is 1.46. The minimum atomic E-state index is -1.87. The molecule has 3 rings (SSSR count). The Morgan fingerprint density at radius 3 is 2.83 bits per heavy atom. The van der Waals surface area contributed by atoms with Crippen molar-refractivity contribution in [2.24, 2.45) is 0 Å². The summed E-state index contributed by atoms with van der Waals surface area (Å²) < 4.78 is 6.17. The Kier molecular flexibility index (Phi) is 2.04. The van der Waals surface area contributed by atoms with Crippen LogP contribution in [-0.4, -0.2) is 21.4 Å². The fourth-order valence-corrected chi connectivity index (χ4v) is 2.45. The molecular weight excluding hydrogens is 238 g/mol. The first-order chi connectivity index (χ1) is 8.43. The maximum absolute atomic E-state index is 12.2. The van der Waals surface area contributed by atoms with Crippen molar-refractivity contribution in [2.75, 3.05) is 0 Å². The van der Waals surface area contributed by atoms with Crippen molar-refractivity contribution in [3.05, 3.63) is 33.2 Å². The highest BCUT2D eigenvalue weighted by atomic mass is 16.6. The number of fused-ring (bicyclic) bond motifs is 2. The van der Waals surface area contributed by atoms with Gasteiger partial charge < -0.3 is 14.4 Å². The van der Waals surface area contributed by atoms with Gasteiger partial charge in [-0.3, -0.25) is 9.59 Å². The van der Waals surface area contributed by atoms with E-state index in [4.69, 9.17) is 4.74 Å². The summed E-state index contributed by atoms with van der Waals surface area (Å²) in [5.74, 6) is -0.950. The van der Waals surface area contributed by atoms with E-state index in [1.54, 1.807) is 0 Å². The lowest BCUT2D eigenvalue weighted by atomic mass is 9.90. The molecule has 3 heterocycles. The van der Waals surface area contributed by atoms with Crippen LogP contribution in [0.25, 0.3) is 0 Å². The molecule has 1 N–H and O–H groups in total. The number of hydrogen-bond acceptors (Lipinski definition) is 5. The van der Waals surface area contributed by atoms with Crippen LogP contribution in [-0.2, 0) is 28.3 Å². The highest BCUT2D eigenvalue weighted by Gasteiger charge is 2.42. The van der Waals surface area contributed by atoms with Crippen LogP contribution < -0.4 is 5.56 Å². The number of cyclic esters (lactones) is 1. The summed E-state index contributed by atoms with van der Waals surface area (Å²) in [5, 5.41) is 10.1. The fourth-order valence-electron chi connectivity index (χ4n) is 2.45. The number of carbonyl (C=O) groups excluding carboxylic acids is 2. The van der Waals surface area contributed by atoms with Crippen molar-refractivity contribution < 1.29 is 19.4 Å². The molecule has 1 aromatic heterocycles. The summed E-state index contributed by atoms with van der Waals surface area (Å²) >= 11 is 0. The van der Waals surface area contributed by atoms with Crippen molar-refractivity contribution in [1.82, 2.24) is 4.57 Å². The standard InChI is InChI=1S/C12H11NO5/c1-12(17)7-4-8-9(14)2-3-13(8)10(15)6(7)5-18-11(12)16/h4,17H,2-3,5H2,1H3/t12-/m0/s1. The highest BCUT2D eigenvalue weighted by Crippen LogP contribution is 2.31. The fraction of sp³-hybridized carbons (Fsp3) is 0.417. The molecule has 2 aliphatic heterocycles. The summed E-state index contributed by atoms with van der Waals surface area (Å²) in [6, 6.07) is 1.44. The third kappa shape index (κ3) is 1.23. The number of ether oxygens (including phenoxy) is 1. The quantitative estimate of drug-likeness (QED) is 0.638. The molecule has 0 saturated carbocycles. The van der Waals surface area contributed by atoms with Gasteiger partial charge >= 0.3 is 5.97 Å². The van der Waals surface area contributed by atoms with E-state index in [0.29, 0.717) is 6.54 Å². The minimum absolute atomic E-state index is 0.148. The molecule has 0 saturated heterocycles. The van der Waals surface area contributed by atoms with Crippen LogP contribution in [0.4, 0.5) is 0 Å². The van der Waals surface area contributed by atoms with Gasteiger partial charge in [0.2, 0.25) is 0 Å². The van der Waals surface area contributed by atoms with Gasteiger partial charge in [-0.05, 0) is 13.0 Å². The van der Waals surface area contributed by atoms with Gasteiger partial charge in [-0.2, -0.15) is 0 Å². The molecule has 0 bridgehead atoms. The second kappa shape index (κ2) is 3.29. The molecule has 0 fully saturated rings. The number of nitrogens with zero attached hydrogens (tertiary/aromatic N) is 1. The molecule has 0 aromatic carbocycles. The number of Topliss-reactive ketones (excluding diaryl/α,β-unsaturated/α-hetero) is 1. The predicted octanol–water partition coefficient (Wildman–Crippen LogP) is -0.301. The molecule has 94 valence electrons. The Labute approximate surface area is 102 Å². The topological polar surface area (TPSA) is 85.6 Å². The van der Waals surface area contributed by atoms with E-state index in [1.165, 1.54) is 17.6 Å². The third-order valence-corrected chi connectivity index (χ3v) is 3.52. The Bertz CT molecular complexity index is 641. The lowest BCUT2D eigenvalue weighted by Gasteiger charge is -2.29. The average molecular weight is 249 g/mol. The summed E-state index contributed by atoms with van der Waals surface area (Å²) in [5.41, 5.74) is -1.54. The summed E-state index contributed by atoms with van der Waals surface area (Å²) in [6.07, 6.45) is 0.273. The van der Waals surface area contributed by atoms with Gasteiger partial charge in [-0.25, -0.2) is 4.79 Å². The monoisotopic (exact) mass is 249 g/mol. The zero-order valence-electron chi connectivity index (χ0n) is 9.73. The van der Waals surface area contributed by atoms with Crippen LogP contribution in [0.15, 0.2) is 10.9 Å². The Morgan fingerprint density at radius 2 is 2.11 bits per heavy atom. The smallest absolute Gasteiger partial charge is 0.342 e. The molecule has 0 spiro atoms. The lowest BCUT2D eigenvalue weighted by Crippen LogP contribution is -2.42. The molecule has 0 radical (unpaired) electrons. The molecule has 2 aliphatic rings. The van der Waals surface area contributed by atoms with Crippen molar-refractivity contribution in [3.8, 4) is 0 Å². The maximum Gasteiger partial charge on any atom is 0.342 e. The molecule has 1 aromatic rings. The van der Waals surface area contributed by atoms with Crippen LogP contribution in [0.5, 0.6) is 0 Å². The maximum atomic E-state index is 12.2. The van der Waals surface area contributed by atoms with Gasteiger partial charge in [0.05, 0.1) is 11.3 Å². The number of esters is 1. The Morgan fingerprint density at radius 1 is 1.39 bits per heavy atom. The second-order valence-electron chi connectivity index (χ2n) is 4.70. The van der Waals surface area contributed by atoms with Crippen LogP contribution in [0.1, 0.15) is 35.0 Å². The normalized spacial score (nSPS) is 25.7. The van der Waals surface area contributed by atoms with E-state index < -0.39 is 11.6 Å². The zero-order valence-corrected chi connectivity index (χ0v) is 9.73. The summed E-state index contributed by atoms with van der Waals surface area (Å²) in [7, 11) is 0. The highest BCUT2D eigenvalue weighted by molar-refractivity contribution is 5.97.